The highest BCUT2D eigenvalue weighted by molar-refractivity contribution is 5.69. The van der Waals surface area contributed by atoms with Crippen LogP contribution in [0.4, 0.5) is 0 Å². The molecule has 0 fully saturated rings. The number of carbonyl (C=O) groups is 2. The number of benzene rings is 2. The number of hydrogen-bond donors (Lipinski definition) is 0. The molecule has 0 bridgehead atoms. The monoisotopic (exact) mass is 452 g/mol. The summed E-state index contributed by atoms with van der Waals surface area (Å²) >= 11 is 0. The molecule has 0 atom stereocenters. The quantitative estimate of drug-likeness (QED) is 0.221. The third kappa shape index (κ3) is 10.7. The van der Waals surface area contributed by atoms with Gasteiger partial charge in [-0.15, -0.1) is 0 Å². The van der Waals surface area contributed by atoms with Gasteiger partial charge in [-0.2, -0.15) is 0 Å². The largest absolute Gasteiger partial charge is 0.461 e. The number of ether oxygens (including phenoxy) is 2. The van der Waals surface area contributed by atoms with Gasteiger partial charge in [-0.3, -0.25) is 9.59 Å². The molecular formula is C29H40O4. The Morgan fingerprint density at radius 2 is 0.909 bits per heavy atom. The van der Waals surface area contributed by atoms with Gasteiger partial charge in [0.25, 0.3) is 0 Å². The fourth-order valence-corrected chi connectivity index (χ4v) is 3.54. The summed E-state index contributed by atoms with van der Waals surface area (Å²) < 4.78 is 10.7. The lowest BCUT2D eigenvalue weighted by Gasteiger charge is -2.08. The summed E-state index contributed by atoms with van der Waals surface area (Å²) in [4.78, 5) is 23.9. The van der Waals surface area contributed by atoms with Gasteiger partial charge in [-0.1, -0.05) is 95.5 Å². The van der Waals surface area contributed by atoms with Crippen molar-refractivity contribution in [1.82, 2.24) is 0 Å². The van der Waals surface area contributed by atoms with Gasteiger partial charge in [-0.25, -0.2) is 0 Å². The molecule has 33 heavy (non-hydrogen) atoms. The third-order valence-corrected chi connectivity index (χ3v) is 5.85. The number of hydrogen-bond acceptors (Lipinski definition) is 4. The molecule has 0 amide bonds. The maximum absolute atomic E-state index is 11.9. The average molecular weight is 453 g/mol. The van der Waals surface area contributed by atoms with Gasteiger partial charge in [0, 0.05) is 12.8 Å². The van der Waals surface area contributed by atoms with E-state index in [-0.39, 0.29) is 11.9 Å². The van der Waals surface area contributed by atoms with Crippen LogP contribution < -0.4 is 0 Å². The van der Waals surface area contributed by atoms with Gasteiger partial charge in [-0.05, 0) is 46.9 Å². The van der Waals surface area contributed by atoms with Crippen LogP contribution in [-0.4, -0.2) is 11.9 Å². The fraction of sp³-hybridized carbons (Fsp3) is 0.517. The van der Waals surface area contributed by atoms with Crippen molar-refractivity contribution < 1.29 is 19.1 Å². The first-order valence-corrected chi connectivity index (χ1v) is 12.3. The van der Waals surface area contributed by atoms with Crippen LogP contribution in [0.1, 0.15) is 107 Å². The van der Waals surface area contributed by atoms with Crippen molar-refractivity contribution in [3.8, 4) is 0 Å². The van der Waals surface area contributed by atoms with Crippen LogP contribution in [-0.2, 0) is 32.3 Å². The molecule has 2 aromatic carbocycles. The Balaban J connectivity index is 1.47. The second kappa shape index (κ2) is 14.5. The lowest BCUT2D eigenvalue weighted by Crippen LogP contribution is -2.05. The van der Waals surface area contributed by atoms with Crippen LogP contribution in [0.25, 0.3) is 0 Å². The lowest BCUT2D eigenvalue weighted by atomic mass is 10.0. The highest BCUT2D eigenvalue weighted by atomic mass is 16.5. The van der Waals surface area contributed by atoms with E-state index in [1.165, 1.54) is 11.1 Å². The minimum Gasteiger partial charge on any atom is -0.461 e. The zero-order valence-electron chi connectivity index (χ0n) is 20.8. The molecule has 0 heterocycles. The van der Waals surface area contributed by atoms with Gasteiger partial charge in [0.1, 0.15) is 13.2 Å². The molecule has 4 heteroatoms. The molecule has 0 aliphatic heterocycles. The summed E-state index contributed by atoms with van der Waals surface area (Å²) in [5.41, 5.74) is 4.61. The van der Waals surface area contributed by atoms with Gasteiger partial charge < -0.3 is 9.47 Å². The second-order valence-corrected chi connectivity index (χ2v) is 9.38. The van der Waals surface area contributed by atoms with Gasteiger partial charge in [0.05, 0.1) is 0 Å². The Labute approximate surface area is 199 Å². The SMILES string of the molecule is CC(C)c1ccc(COC(=O)CCCCCCCC(=O)OCc2ccc(C(C)C)cc2)cc1. The highest BCUT2D eigenvalue weighted by Crippen LogP contribution is 2.17. The van der Waals surface area contributed by atoms with E-state index in [1.807, 2.05) is 24.3 Å². The molecule has 180 valence electrons. The first-order chi connectivity index (χ1) is 15.8. The normalized spacial score (nSPS) is 11.1. The summed E-state index contributed by atoms with van der Waals surface area (Å²) in [5, 5.41) is 0. The molecule has 0 unspecified atom stereocenters. The van der Waals surface area contributed by atoms with Gasteiger partial charge >= 0.3 is 11.9 Å². The van der Waals surface area contributed by atoms with E-state index in [2.05, 4.69) is 52.0 Å². The lowest BCUT2D eigenvalue weighted by molar-refractivity contribution is -0.145. The zero-order valence-corrected chi connectivity index (χ0v) is 20.8. The Bertz CT molecular complexity index is 763. The third-order valence-electron chi connectivity index (χ3n) is 5.85. The summed E-state index contributed by atoms with van der Waals surface area (Å²) in [6, 6.07) is 16.5. The highest BCUT2D eigenvalue weighted by Gasteiger charge is 2.06. The molecule has 0 saturated heterocycles. The number of rotatable bonds is 14. The van der Waals surface area contributed by atoms with Crippen molar-refractivity contribution in [1.29, 1.82) is 0 Å². The van der Waals surface area contributed by atoms with Crippen molar-refractivity contribution in [3.63, 3.8) is 0 Å². The molecule has 0 N–H and O–H groups in total. The summed E-state index contributed by atoms with van der Waals surface area (Å²) in [6.45, 7) is 9.31. The number of esters is 2. The predicted molar refractivity (Wildman–Crippen MR) is 133 cm³/mol. The maximum atomic E-state index is 11.9. The molecule has 0 saturated carbocycles. The topological polar surface area (TPSA) is 52.6 Å². The summed E-state index contributed by atoms with van der Waals surface area (Å²) in [7, 11) is 0. The first-order valence-electron chi connectivity index (χ1n) is 12.3. The molecule has 0 aliphatic rings. The Morgan fingerprint density at radius 3 is 1.24 bits per heavy atom. The van der Waals surface area contributed by atoms with Crippen LogP contribution in [0, 0.1) is 0 Å². The maximum Gasteiger partial charge on any atom is 0.306 e. The van der Waals surface area contributed by atoms with Gasteiger partial charge in [0.15, 0.2) is 0 Å². The molecule has 0 spiro atoms. The van der Waals surface area contributed by atoms with E-state index in [1.54, 1.807) is 0 Å². The molecule has 2 rings (SSSR count). The average Bonchev–Trinajstić information content (AvgIpc) is 2.81. The smallest absolute Gasteiger partial charge is 0.306 e. The standard InChI is InChI=1S/C29H40O4/c1-22(2)26-16-12-24(13-17-26)20-32-28(30)10-8-6-5-7-9-11-29(31)33-21-25-14-18-27(19-15-25)23(3)4/h12-19,22-23H,5-11,20-21H2,1-4H3. The van der Waals surface area contributed by atoms with Crippen LogP contribution in [0.3, 0.4) is 0 Å². The van der Waals surface area contributed by atoms with E-state index in [0.29, 0.717) is 37.9 Å². The second-order valence-electron chi connectivity index (χ2n) is 9.38. The van der Waals surface area contributed by atoms with Crippen LogP contribution in [0.15, 0.2) is 48.5 Å². The first kappa shape index (κ1) is 26.6. The minimum absolute atomic E-state index is 0.145. The van der Waals surface area contributed by atoms with E-state index >= 15 is 0 Å². The van der Waals surface area contributed by atoms with Crippen LogP contribution >= 0.6 is 0 Å². The van der Waals surface area contributed by atoms with Gasteiger partial charge in [0.2, 0.25) is 0 Å². The fourth-order valence-electron chi connectivity index (χ4n) is 3.54. The van der Waals surface area contributed by atoms with Crippen LogP contribution in [0.5, 0.6) is 0 Å². The van der Waals surface area contributed by atoms with Crippen molar-refractivity contribution in [3.05, 3.63) is 70.8 Å². The van der Waals surface area contributed by atoms with Crippen LogP contribution in [0.2, 0.25) is 0 Å². The van der Waals surface area contributed by atoms with E-state index in [9.17, 15) is 9.59 Å². The van der Waals surface area contributed by atoms with Crippen molar-refractivity contribution in [2.24, 2.45) is 0 Å². The Kier molecular flexibility index (Phi) is 11.7. The van der Waals surface area contributed by atoms with E-state index < -0.39 is 0 Å². The molecule has 0 aromatic heterocycles. The summed E-state index contributed by atoms with van der Waals surface area (Å²) in [6.07, 6.45) is 5.48. The number of unbranched alkanes of at least 4 members (excludes halogenated alkanes) is 4. The Hall–Kier alpha value is -2.62. The zero-order chi connectivity index (χ0) is 24.1. The van der Waals surface area contributed by atoms with Crippen molar-refractivity contribution in [2.45, 2.75) is 97.7 Å². The molecule has 0 radical (unpaired) electrons. The Morgan fingerprint density at radius 1 is 0.576 bits per heavy atom. The van der Waals surface area contributed by atoms with Crippen molar-refractivity contribution >= 4 is 11.9 Å². The minimum atomic E-state index is -0.145. The molecule has 0 aliphatic carbocycles. The van der Waals surface area contributed by atoms with E-state index in [0.717, 1.165) is 43.2 Å². The predicted octanol–water partition coefficient (Wildman–Crippen LogP) is 7.45. The van der Waals surface area contributed by atoms with Crippen molar-refractivity contribution in [2.75, 3.05) is 0 Å². The number of carbonyl (C=O) groups excluding carboxylic acids is 2. The molecular weight excluding hydrogens is 412 g/mol. The summed E-state index contributed by atoms with van der Waals surface area (Å²) in [5.74, 6) is 0.709. The molecule has 2 aromatic rings. The molecule has 4 nitrogen and oxygen atoms in total. The van der Waals surface area contributed by atoms with E-state index in [4.69, 9.17) is 9.47 Å².